The summed E-state index contributed by atoms with van der Waals surface area (Å²) in [6, 6.07) is 0. The second-order valence-corrected chi connectivity index (χ2v) is 3.80. The minimum Gasteiger partial charge on any atom is -0.274 e. The smallest absolute Gasteiger partial charge is 0.274 e. The van der Waals surface area contributed by atoms with Gasteiger partial charge in [0, 0.05) is 20.5 Å². The number of hydrogen-bond acceptors (Lipinski definition) is 3. The lowest BCUT2D eigenvalue weighted by Crippen LogP contribution is -2.27. The molecule has 0 aliphatic heterocycles. The van der Waals surface area contributed by atoms with E-state index < -0.39 is 0 Å². The summed E-state index contributed by atoms with van der Waals surface area (Å²) in [5, 5.41) is 0. The zero-order valence-corrected chi connectivity index (χ0v) is 9.06. The molecule has 4 nitrogen and oxygen atoms in total. The maximum Gasteiger partial charge on any atom is 0.323 e. The van der Waals surface area contributed by atoms with Gasteiger partial charge in [0.05, 0.1) is 12.1 Å². The Morgan fingerprint density at radius 1 is 1.54 bits per heavy atom. The molecule has 0 heterocycles. The second kappa shape index (κ2) is 6.77. The summed E-state index contributed by atoms with van der Waals surface area (Å²) in [7, 11) is 1.57. The van der Waals surface area contributed by atoms with Crippen molar-refractivity contribution < 1.29 is 9.59 Å². The first-order chi connectivity index (χ1) is 6.11. The van der Waals surface area contributed by atoms with E-state index in [9.17, 15) is 9.59 Å². The Morgan fingerprint density at radius 2 is 2.15 bits per heavy atom. The average Bonchev–Trinajstić information content (AvgIpc) is 2.11. The molecule has 1 radical (unpaired) electrons. The van der Waals surface area contributed by atoms with Crippen LogP contribution in [0.2, 0.25) is 0 Å². The fourth-order valence-corrected chi connectivity index (χ4v) is 1.38. The average molecular weight is 203 g/mol. The summed E-state index contributed by atoms with van der Waals surface area (Å²) < 4.78 is 2.80. The van der Waals surface area contributed by atoms with E-state index in [1.165, 1.54) is 11.2 Å². The number of unbranched alkanes of at least 4 members (excludes halogenated alkanes) is 1. The molecule has 0 N–H and O–H groups in total. The van der Waals surface area contributed by atoms with E-state index in [1.807, 2.05) is 0 Å². The summed E-state index contributed by atoms with van der Waals surface area (Å²) in [6.45, 7) is 4.21. The van der Waals surface area contributed by atoms with Crippen LogP contribution in [-0.4, -0.2) is 34.5 Å². The van der Waals surface area contributed by atoms with E-state index in [4.69, 9.17) is 0 Å². The first-order valence-corrected chi connectivity index (χ1v) is 4.92. The predicted octanol–water partition coefficient (Wildman–Crippen LogP) is 1.20. The van der Waals surface area contributed by atoms with Crippen LogP contribution in [0.3, 0.4) is 0 Å². The molecule has 0 aliphatic rings. The summed E-state index contributed by atoms with van der Waals surface area (Å²) in [6.07, 6.45) is 3.65. The molecule has 0 spiro atoms. The van der Waals surface area contributed by atoms with Crippen molar-refractivity contribution in [3.63, 3.8) is 0 Å². The molecule has 75 valence electrons. The molecule has 5 heteroatoms. The highest BCUT2D eigenvalue weighted by atomic mass is 32.2. The van der Waals surface area contributed by atoms with Crippen molar-refractivity contribution in [2.75, 3.05) is 13.6 Å². The Morgan fingerprint density at radius 3 is 2.54 bits per heavy atom. The van der Waals surface area contributed by atoms with Gasteiger partial charge in [0.1, 0.15) is 0 Å². The summed E-state index contributed by atoms with van der Waals surface area (Å²) in [5.74, 6) is -0.0412. The van der Waals surface area contributed by atoms with Crippen molar-refractivity contribution in [2.45, 2.75) is 26.7 Å². The third kappa shape index (κ3) is 5.52. The minimum atomic E-state index is -0.0412. The van der Waals surface area contributed by atoms with Gasteiger partial charge in [-0.05, 0) is 6.42 Å². The standard InChI is InChI=1S/C8H15N2O2S/c1-4-5-6-10(8(2)12)13-9(3)7-11/h4-6H2,1-3H3. The van der Waals surface area contributed by atoms with E-state index in [0.29, 0.717) is 6.54 Å². The number of hydrogen-bond donors (Lipinski definition) is 0. The fraction of sp³-hybridized carbons (Fsp3) is 0.750. The summed E-state index contributed by atoms with van der Waals surface area (Å²) in [4.78, 5) is 21.2. The van der Waals surface area contributed by atoms with Crippen LogP contribution in [-0.2, 0) is 9.59 Å². The highest BCUT2D eigenvalue weighted by molar-refractivity contribution is 7.95. The lowest BCUT2D eigenvalue weighted by molar-refractivity contribution is -0.123. The highest BCUT2D eigenvalue weighted by Gasteiger charge is 2.11. The Kier molecular flexibility index (Phi) is 6.40. The van der Waals surface area contributed by atoms with Gasteiger partial charge in [-0.2, -0.15) is 0 Å². The molecule has 0 saturated heterocycles. The second-order valence-electron chi connectivity index (χ2n) is 2.65. The highest BCUT2D eigenvalue weighted by Crippen LogP contribution is 2.13. The van der Waals surface area contributed by atoms with Crippen LogP contribution in [0.15, 0.2) is 0 Å². The van der Waals surface area contributed by atoms with Crippen LogP contribution in [0.4, 0.5) is 0 Å². The molecule has 0 aromatic heterocycles. The van der Waals surface area contributed by atoms with Crippen LogP contribution in [0.5, 0.6) is 0 Å². The third-order valence-corrected chi connectivity index (χ3v) is 2.37. The number of nitrogens with zero attached hydrogens (tertiary/aromatic N) is 2. The number of rotatable bonds is 6. The van der Waals surface area contributed by atoms with Gasteiger partial charge in [-0.1, -0.05) is 13.3 Å². The zero-order valence-electron chi connectivity index (χ0n) is 8.24. The molecule has 0 bridgehead atoms. The quantitative estimate of drug-likeness (QED) is 0.481. The van der Waals surface area contributed by atoms with Gasteiger partial charge in [-0.15, -0.1) is 0 Å². The van der Waals surface area contributed by atoms with Gasteiger partial charge < -0.3 is 0 Å². The van der Waals surface area contributed by atoms with Crippen molar-refractivity contribution in [1.29, 1.82) is 0 Å². The van der Waals surface area contributed by atoms with Gasteiger partial charge in [0.25, 0.3) is 0 Å². The van der Waals surface area contributed by atoms with Crippen molar-refractivity contribution in [3.05, 3.63) is 0 Å². The van der Waals surface area contributed by atoms with Gasteiger partial charge in [-0.25, -0.2) is 0 Å². The molecule has 0 fully saturated rings. The maximum atomic E-state index is 11.0. The van der Waals surface area contributed by atoms with Crippen molar-refractivity contribution in [3.8, 4) is 0 Å². The number of amides is 2. The monoisotopic (exact) mass is 203 g/mol. The first-order valence-electron chi connectivity index (χ1n) is 4.19. The summed E-state index contributed by atoms with van der Waals surface area (Å²) in [5.41, 5.74) is 0. The van der Waals surface area contributed by atoms with Crippen LogP contribution in [0.25, 0.3) is 0 Å². The van der Waals surface area contributed by atoms with Crippen molar-refractivity contribution >= 4 is 24.5 Å². The molecule has 0 aromatic rings. The van der Waals surface area contributed by atoms with Crippen LogP contribution >= 0.6 is 12.1 Å². The predicted molar refractivity (Wildman–Crippen MR) is 53.3 cm³/mol. The molecular formula is C8H15N2O2S. The van der Waals surface area contributed by atoms with Crippen molar-refractivity contribution in [2.24, 2.45) is 0 Å². The van der Waals surface area contributed by atoms with E-state index >= 15 is 0 Å². The molecule has 0 saturated carbocycles. The Hall–Kier alpha value is -0.710. The summed E-state index contributed by atoms with van der Waals surface area (Å²) >= 11 is 1.09. The van der Waals surface area contributed by atoms with Crippen LogP contribution in [0, 0.1) is 0 Å². The third-order valence-electron chi connectivity index (χ3n) is 1.42. The van der Waals surface area contributed by atoms with E-state index in [-0.39, 0.29) is 5.91 Å². The molecule has 0 unspecified atom stereocenters. The number of carbonyl (C=O) groups excluding carboxylic acids is 2. The lowest BCUT2D eigenvalue weighted by Gasteiger charge is -2.21. The topological polar surface area (TPSA) is 40.6 Å². The Bertz CT molecular complexity index is 176. The van der Waals surface area contributed by atoms with Gasteiger partial charge in [0.15, 0.2) is 0 Å². The first kappa shape index (κ1) is 12.3. The van der Waals surface area contributed by atoms with Gasteiger partial charge in [0.2, 0.25) is 5.91 Å². The maximum absolute atomic E-state index is 11.0. The molecule has 13 heavy (non-hydrogen) atoms. The minimum absolute atomic E-state index is 0.0412. The van der Waals surface area contributed by atoms with Crippen LogP contribution in [0.1, 0.15) is 26.7 Å². The largest absolute Gasteiger partial charge is 0.323 e. The van der Waals surface area contributed by atoms with Gasteiger partial charge >= 0.3 is 6.41 Å². The molecule has 0 atom stereocenters. The fourth-order valence-electron chi connectivity index (χ4n) is 0.722. The Labute approximate surface area is 83.5 Å². The van der Waals surface area contributed by atoms with E-state index in [1.54, 1.807) is 17.8 Å². The van der Waals surface area contributed by atoms with Crippen LogP contribution < -0.4 is 0 Å². The normalized spacial score (nSPS) is 9.46. The lowest BCUT2D eigenvalue weighted by atomic mass is 10.3. The molecule has 0 aliphatic carbocycles. The zero-order chi connectivity index (χ0) is 10.3. The number of carbonyl (C=O) groups is 1. The van der Waals surface area contributed by atoms with Gasteiger partial charge in [-0.3, -0.25) is 18.2 Å². The molecule has 0 aromatic carbocycles. The molecular weight excluding hydrogens is 188 g/mol. The Balaban J connectivity index is 3.94. The molecule has 0 rings (SSSR count). The molecule has 2 amide bonds. The SMILES string of the molecule is CCCCN(SN(C)[C]=O)C(C)=O. The van der Waals surface area contributed by atoms with E-state index in [2.05, 4.69) is 6.92 Å². The van der Waals surface area contributed by atoms with Crippen molar-refractivity contribution in [1.82, 2.24) is 8.61 Å². The van der Waals surface area contributed by atoms with E-state index in [0.717, 1.165) is 25.0 Å².